The average Bonchev–Trinajstić information content (AvgIpc) is 2.90. The fraction of sp³-hybridized carbons (Fsp3) is 0.0909. The highest BCUT2D eigenvalue weighted by Gasteiger charge is 2.10. The van der Waals surface area contributed by atoms with Crippen molar-refractivity contribution in [2.45, 2.75) is 6.54 Å². The molecule has 0 aliphatic carbocycles. The molecule has 2 aromatic heterocycles. The highest BCUT2D eigenvalue weighted by Crippen LogP contribution is 2.18. The van der Waals surface area contributed by atoms with E-state index in [-0.39, 0.29) is 12.1 Å². The second-order valence-corrected chi connectivity index (χ2v) is 5.70. The molecule has 0 atom stereocenters. The lowest BCUT2D eigenvalue weighted by Crippen LogP contribution is -2.22. The molecule has 2 heterocycles. The quantitative estimate of drug-likeness (QED) is 0.545. The van der Waals surface area contributed by atoms with E-state index in [2.05, 4.69) is 35.9 Å². The predicted molar refractivity (Wildman–Crippen MR) is 80.5 cm³/mol. The molecule has 20 heavy (non-hydrogen) atoms. The maximum absolute atomic E-state index is 12.4. The molecule has 7 nitrogen and oxygen atoms in total. The molecule has 3 aromatic rings. The summed E-state index contributed by atoms with van der Waals surface area (Å²) >= 11 is 4.49. The lowest BCUT2D eigenvalue weighted by Gasteiger charge is -2.06. The van der Waals surface area contributed by atoms with Crippen molar-refractivity contribution in [3.8, 4) is 0 Å². The molecule has 9 heteroatoms. The molecule has 0 saturated carbocycles. The molecule has 0 spiro atoms. The number of nitrogens with one attached hydrogen (secondary N) is 1. The van der Waals surface area contributed by atoms with Crippen LogP contribution in [0.3, 0.4) is 0 Å². The number of benzene rings is 1. The third-order valence-electron chi connectivity index (χ3n) is 2.79. The number of fused-ring (bicyclic) bond motifs is 1. The van der Waals surface area contributed by atoms with Crippen LogP contribution in [-0.4, -0.2) is 19.1 Å². The number of halogens is 1. The molecule has 0 fully saturated rings. The minimum Gasteiger partial charge on any atom is -0.313 e. The number of nitrogens with two attached hydrogens (primary N) is 1. The number of nitrogens with zero attached hydrogens (tertiary/aromatic N) is 4. The zero-order valence-electron chi connectivity index (χ0n) is 10.1. The normalized spacial score (nSPS) is 10.9. The van der Waals surface area contributed by atoms with Crippen molar-refractivity contribution in [3.05, 3.63) is 45.0 Å². The van der Waals surface area contributed by atoms with Crippen molar-refractivity contribution < 1.29 is 0 Å². The van der Waals surface area contributed by atoms with Gasteiger partial charge in [-0.15, -0.1) is 5.10 Å². The summed E-state index contributed by atoms with van der Waals surface area (Å²) < 4.78 is 6.11. The van der Waals surface area contributed by atoms with Gasteiger partial charge in [-0.1, -0.05) is 20.4 Å². The molecule has 1 aromatic carbocycles. The van der Waals surface area contributed by atoms with E-state index in [1.807, 2.05) is 6.07 Å². The number of rotatable bonds is 3. The first-order valence-electron chi connectivity index (χ1n) is 5.61. The Bertz CT molecular complexity index is 829. The van der Waals surface area contributed by atoms with Gasteiger partial charge < -0.3 is 5.43 Å². The minimum atomic E-state index is -0.132. The second-order valence-electron chi connectivity index (χ2n) is 4.03. The van der Waals surface area contributed by atoms with Gasteiger partial charge >= 0.3 is 0 Å². The number of aromatic nitrogens is 4. The van der Waals surface area contributed by atoms with E-state index in [1.165, 1.54) is 10.9 Å². The molecule has 0 radical (unpaired) electrons. The van der Waals surface area contributed by atoms with E-state index in [9.17, 15) is 4.79 Å². The number of nitrogen functional groups attached to an aromatic ring is 1. The molecule has 0 aliphatic heterocycles. The second kappa shape index (κ2) is 5.27. The van der Waals surface area contributed by atoms with Gasteiger partial charge in [0, 0.05) is 16.0 Å². The van der Waals surface area contributed by atoms with Crippen LogP contribution < -0.4 is 16.8 Å². The Morgan fingerprint density at radius 1 is 1.45 bits per heavy atom. The third-order valence-corrected chi connectivity index (χ3v) is 3.99. The molecule has 0 aliphatic rings. The van der Waals surface area contributed by atoms with Crippen molar-refractivity contribution in [3.63, 3.8) is 0 Å². The predicted octanol–water partition coefficient (Wildman–Crippen LogP) is 1.34. The summed E-state index contributed by atoms with van der Waals surface area (Å²) in [5, 5.41) is 5.13. The first-order chi connectivity index (χ1) is 9.69. The Morgan fingerprint density at radius 2 is 2.30 bits per heavy atom. The molecular weight excluding hydrogens is 344 g/mol. The van der Waals surface area contributed by atoms with Crippen molar-refractivity contribution in [2.75, 3.05) is 5.43 Å². The summed E-state index contributed by atoms with van der Waals surface area (Å²) in [6.07, 6.45) is 1.50. The third kappa shape index (κ3) is 2.30. The van der Waals surface area contributed by atoms with Gasteiger partial charge in [0.15, 0.2) is 0 Å². The van der Waals surface area contributed by atoms with Crippen LogP contribution in [0.25, 0.3) is 10.9 Å². The van der Waals surface area contributed by atoms with Gasteiger partial charge in [-0.3, -0.25) is 9.36 Å². The zero-order chi connectivity index (χ0) is 14.1. The number of hydrogen-bond donors (Lipinski definition) is 2. The standard InChI is InChI=1S/C11H9BrN6OS/c12-6-1-2-8-7(3-6)11(19)18(5-14-8)4-9-10(15-13)20-17-16-9/h1-3,5,15H,4,13H2. The minimum absolute atomic E-state index is 0.132. The van der Waals surface area contributed by atoms with E-state index < -0.39 is 0 Å². The smallest absolute Gasteiger partial charge is 0.261 e. The van der Waals surface area contributed by atoms with Crippen LogP contribution in [0, 0.1) is 0 Å². The maximum atomic E-state index is 12.4. The summed E-state index contributed by atoms with van der Waals surface area (Å²) in [4.78, 5) is 16.7. The number of anilines is 1. The molecule has 3 rings (SSSR count). The van der Waals surface area contributed by atoms with Gasteiger partial charge in [0.05, 0.1) is 23.8 Å². The first-order valence-corrected chi connectivity index (χ1v) is 7.18. The molecule has 102 valence electrons. The summed E-state index contributed by atoms with van der Waals surface area (Å²) in [7, 11) is 0. The molecule has 0 unspecified atom stereocenters. The van der Waals surface area contributed by atoms with Gasteiger partial charge in [-0.05, 0) is 18.2 Å². The lowest BCUT2D eigenvalue weighted by molar-refractivity contribution is 0.727. The Kier molecular flexibility index (Phi) is 3.47. The largest absolute Gasteiger partial charge is 0.313 e. The van der Waals surface area contributed by atoms with Gasteiger partial charge in [-0.2, -0.15) is 0 Å². The summed E-state index contributed by atoms with van der Waals surface area (Å²) in [6.45, 7) is 0.268. The average molecular weight is 353 g/mol. The Labute approximate surface area is 125 Å². The highest BCUT2D eigenvalue weighted by atomic mass is 79.9. The molecular formula is C11H9BrN6OS. The Balaban J connectivity index is 2.09. The van der Waals surface area contributed by atoms with Crippen molar-refractivity contribution in [2.24, 2.45) is 5.84 Å². The Hall–Kier alpha value is -1.84. The van der Waals surface area contributed by atoms with Crippen LogP contribution in [0.1, 0.15) is 5.69 Å². The monoisotopic (exact) mass is 352 g/mol. The van der Waals surface area contributed by atoms with E-state index in [1.54, 1.807) is 12.1 Å². The van der Waals surface area contributed by atoms with E-state index in [0.717, 1.165) is 16.0 Å². The van der Waals surface area contributed by atoms with Crippen LogP contribution >= 0.6 is 27.5 Å². The van der Waals surface area contributed by atoms with E-state index in [4.69, 9.17) is 5.84 Å². The lowest BCUT2D eigenvalue weighted by atomic mass is 10.2. The van der Waals surface area contributed by atoms with Crippen LogP contribution in [0.15, 0.2) is 33.8 Å². The number of hydrogen-bond acceptors (Lipinski definition) is 7. The fourth-order valence-electron chi connectivity index (χ4n) is 1.83. The van der Waals surface area contributed by atoms with Crippen molar-refractivity contribution in [1.82, 2.24) is 19.1 Å². The van der Waals surface area contributed by atoms with Crippen LogP contribution in [0.5, 0.6) is 0 Å². The summed E-state index contributed by atoms with van der Waals surface area (Å²) in [6, 6.07) is 5.39. The molecule has 0 amide bonds. The first kappa shape index (κ1) is 13.2. The molecule has 3 N–H and O–H groups in total. The van der Waals surface area contributed by atoms with Gasteiger partial charge in [0.2, 0.25) is 0 Å². The maximum Gasteiger partial charge on any atom is 0.261 e. The van der Waals surface area contributed by atoms with Crippen molar-refractivity contribution in [1.29, 1.82) is 0 Å². The van der Waals surface area contributed by atoms with Crippen LogP contribution in [0.4, 0.5) is 5.00 Å². The SMILES string of the molecule is NNc1snnc1Cn1cnc2ccc(Br)cc2c1=O. The van der Waals surface area contributed by atoms with Crippen LogP contribution in [0.2, 0.25) is 0 Å². The topological polar surface area (TPSA) is 98.7 Å². The zero-order valence-corrected chi connectivity index (χ0v) is 12.5. The van der Waals surface area contributed by atoms with E-state index >= 15 is 0 Å². The van der Waals surface area contributed by atoms with Crippen LogP contribution in [-0.2, 0) is 6.54 Å². The van der Waals surface area contributed by atoms with E-state index in [0.29, 0.717) is 21.6 Å². The van der Waals surface area contributed by atoms with Gasteiger partial charge in [0.1, 0.15) is 10.7 Å². The molecule has 0 saturated heterocycles. The van der Waals surface area contributed by atoms with Gasteiger partial charge in [0.25, 0.3) is 5.56 Å². The molecule has 0 bridgehead atoms. The fourth-order valence-corrected chi connectivity index (χ4v) is 2.67. The highest BCUT2D eigenvalue weighted by molar-refractivity contribution is 9.10. The summed E-state index contributed by atoms with van der Waals surface area (Å²) in [5.74, 6) is 5.37. The van der Waals surface area contributed by atoms with Crippen molar-refractivity contribution >= 4 is 43.4 Å². The van der Waals surface area contributed by atoms with Gasteiger partial charge in [-0.25, -0.2) is 10.8 Å². The Morgan fingerprint density at radius 3 is 3.10 bits per heavy atom. The summed E-state index contributed by atoms with van der Waals surface area (Å²) in [5.41, 5.74) is 3.64. The number of hydrazine groups is 1.